The Hall–Kier alpha value is -8.45. The third-order valence-corrected chi connectivity index (χ3v) is 12.6. The number of carboxylic acid groups (broad SMARTS) is 3. The number of aliphatic hydroxyl groups excluding tert-OH is 1. The Balaban J connectivity index is 1.91. The number of hydrogen-bond donors (Lipinski definition) is 14. The molecule has 0 heterocycles. The molecule has 25 nitrogen and oxygen atoms in total. The SMILES string of the molecule is CC[C@H](C)[C@H](NC(=O)[C@@H](NC(=O)[C@H](Cc1ccccc1)NC(=O)[C@@H](N)Cc1ccccc1)C(C)C)C(=O)N[C@@H](CCC(=O)O)C(=O)N[C@@H](CCC(=O)O)C(=O)N[C@@H](Cc1ccc(O)cc1)C(=O)N[C@H](C(=O)NCC(=O)O)[C@@H](C)O. The van der Waals surface area contributed by atoms with E-state index in [-0.39, 0.29) is 31.4 Å². The molecule has 0 radical (unpaired) electrons. The van der Waals surface area contributed by atoms with Crippen molar-refractivity contribution < 1.29 is 78.3 Å². The van der Waals surface area contributed by atoms with Crippen LogP contribution in [0.2, 0.25) is 0 Å². The van der Waals surface area contributed by atoms with E-state index in [0.29, 0.717) is 11.1 Å². The Morgan fingerprint density at radius 3 is 1.29 bits per heavy atom. The van der Waals surface area contributed by atoms with Gasteiger partial charge in [-0.1, -0.05) is 107 Å². The van der Waals surface area contributed by atoms with Crippen molar-refractivity contribution in [1.29, 1.82) is 0 Å². The summed E-state index contributed by atoms with van der Waals surface area (Å²) in [6.45, 7) is 6.81. The number of benzene rings is 3. The molecule has 0 saturated heterocycles. The van der Waals surface area contributed by atoms with Crippen LogP contribution in [0.5, 0.6) is 5.75 Å². The summed E-state index contributed by atoms with van der Waals surface area (Å²) in [4.78, 5) is 146. The fraction of sp³-hybridized carbons (Fsp3) is 0.463. The highest BCUT2D eigenvalue weighted by atomic mass is 16.4. The average molecular weight is 1100 g/mol. The molecule has 25 heteroatoms. The summed E-state index contributed by atoms with van der Waals surface area (Å²) in [6.07, 6.45) is -4.21. The van der Waals surface area contributed by atoms with E-state index in [9.17, 15) is 73.2 Å². The number of amides is 8. The van der Waals surface area contributed by atoms with Gasteiger partial charge in [-0.05, 0) is 66.8 Å². The molecule has 0 aliphatic heterocycles. The molecule has 0 aliphatic carbocycles. The molecule has 3 aromatic rings. The van der Waals surface area contributed by atoms with E-state index in [2.05, 4.69) is 37.2 Å². The first-order chi connectivity index (χ1) is 37.3. The lowest BCUT2D eigenvalue weighted by molar-refractivity contribution is -0.140. The number of carboxylic acids is 3. The van der Waals surface area contributed by atoms with Crippen LogP contribution in [0.4, 0.5) is 0 Å². The van der Waals surface area contributed by atoms with E-state index in [1.54, 1.807) is 82.3 Å². The van der Waals surface area contributed by atoms with Gasteiger partial charge in [0.2, 0.25) is 47.3 Å². The monoisotopic (exact) mass is 1100 g/mol. The van der Waals surface area contributed by atoms with Crippen molar-refractivity contribution in [2.45, 2.75) is 140 Å². The number of aliphatic hydroxyl groups is 1. The fourth-order valence-electron chi connectivity index (χ4n) is 7.92. The topological polar surface area (TPSA) is 411 Å². The van der Waals surface area contributed by atoms with Gasteiger partial charge in [-0.2, -0.15) is 0 Å². The molecule has 0 spiro atoms. The van der Waals surface area contributed by atoms with Crippen LogP contribution in [-0.4, -0.2) is 152 Å². The second-order valence-corrected chi connectivity index (χ2v) is 19.4. The van der Waals surface area contributed by atoms with E-state index in [1.807, 2.05) is 11.4 Å². The summed E-state index contributed by atoms with van der Waals surface area (Å²) >= 11 is 0. The van der Waals surface area contributed by atoms with E-state index >= 15 is 0 Å². The van der Waals surface area contributed by atoms with Crippen molar-refractivity contribution in [1.82, 2.24) is 42.5 Å². The van der Waals surface area contributed by atoms with Crippen molar-refractivity contribution in [3.8, 4) is 5.75 Å². The Kier molecular flexibility index (Phi) is 26.5. The molecule has 8 amide bonds. The smallest absolute Gasteiger partial charge is 0.322 e. The van der Waals surface area contributed by atoms with Crippen molar-refractivity contribution in [2.75, 3.05) is 6.54 Å². The summed E-state index contributed by atoms with van der Waals surface area (Å²) in [5.41, 5.74) is 8.06. The molecule has 0 saturated carbocycles. The number of nitrogens with two attached hydrogens (primary N) is 1. The Morgan fingerprint density at radius 1 is 0.456 bits per heavy atom. The molecular formula is C54H73N9O16. The predicted octanol–water partition coefficient (Wildman–Crippen LogP) is -0.846. The van der Waals surface area contributed by atoms with E-state index in [1.165, 1.54) is 24.3 Å². The van der Waals surface area contributed by atoms with Gasteiger partial charge in [-0.25, -0.2) is 0 Å². The van der Waals surface area contributed by atoms with Crippen LogP contribution in [0.3, 0.4) is 0 Å². The third-order valence-electron chi connectivity index (χ3n) is 12.6. The number of carbonyl (C=O) groups excluding carboxylic acids is 8. The zero-order chi connectivity index (χ0) is 58.9. The van der Waals surface area contributed by atoms with Crippen LogP contribution in [0.15, 0.2) is 84.9 Å². The number of rotatable bonds is 33. The molecular weight excluding hydrogens is 1030 g/mol. The van der Waals surface area contributed by atoms with E-state index in [4.69, 9.17) is 10.8 Å². The number of aliphatic carboxylic acids is 3. The molecule has 3 aromatic carbocycles. The molecule has 0 aromatic heterocycles. The zero-order valence-corrected chi connectivity index (χ0v) is 44.6. The van der Waals surface area contributed by atoms with Gasteiger partial charge in [0.05, 0.1) is 12.1 Å². The Morgan fingerprint density at radius 2 is 0.848 bits per heavy atom. The van der Waals surface area contributed by atoms with Crippen molar-refractivity contribution in [3.05, 3.63) is 102 Å². The maximum absolute atomic E-state index is 14.3. The van der Waals surface area contributed by atoms with Crippen LogP contribution < -0.4 is 48.3 Å². The highest BCUT2D eigenvalue weighted by molar-refractivity contribution is 5.98. The van der Waals surface area contributed by atoms with Gasteiger partial charge in [0.15, 0.2) is 0 Å². The summed E-state index contributed by atoms with van der Waals surface area (Å²) in [6, 6.07) is 11.1. The van der Waals surface area contributed by atoms with Gasteiger partial charge in [-0.3, -0.25) is 52.7 Å². The van der Waals surface area contributed by atoms with Crippen molar-refractivity contribution in [3.63, 3.8) is 0 Å². The highest BCUT2D eigenvalue weighted by Crippen LogP contribution is 2.16. The lowest BCUT2D eigenvalue weighted by Crippen LogP contribution is -2.62. The maximum Gasteiger partial charge on any atom is 0.322 e. The van der Waals surface area contributed by atoms with Crippen molar-refractivity contribution in [2.24, 2.45) is 17.6 Å². The number of hydrogen-bond acceptors (Lipinski definition) is 14. The Labute approximate surface area is 456 Å². The second-order valence-electron chi connectivity index (χ2n) is 19.4. The van der Waals surface area contributed by atoms with Gasteiger partial charge in [-0.15, -0.1) is 0 Å². The normalized spacial score (nSPS) is 14.8. The second kappa shape index (κ2) is 32.3. The van der Waals surface area contributed by atoms with Gasteiger partial charge < -0.3 is 73.8 Å². The van der Waals surface area contributed by atoms with Crippen LogP contribution in [0.25, 0.3) is 0 Å². The maximum atomic E-state index is 14.3. The quantitative estimate of drug-likeness (QED) is 0.0353. The largest absolute Gasteiger partial charge is 0.508 e. The summed E-state index contributed by atoms with van der Waals surface area (Å²) < 4.78 is 0. The van der Waals surface area contributed by atoms with Crippen LogP contribution >= 0.6 is 0 Å². The van der Waals surface area contributed by atoms with E-state index < -0.39 is 164 Å². The van der Waals surface area contributed by atoms with Crippen LogP contribution in [0.1, 0.15) is 83.4 Å². The minimum absolute atomic E-state index is 0.0111. The van der Waals surface area contributed by atoms with E-state index in [0.717, 1.165) is 12.5 Å². The number of phenols is 1. The summed E-state index contributed by atoms with van der Waals surface area (Å²) in [7, 11) is 0. The first-order valence-corrected chi connectivity index (χ1v) is 25.6. The standard InChI is InChI=1S/C54H73N9O16/c1-6-30(4)45(62-53(78)44(29(2)3)61-50(75)39(26-33-15-11-8-12-16-33)59-47(72)36(55)25-32-13-9-7-10-14-32)54(79)58-38(22-24-42(68)69)48(73)57-37(21-23-41(66)67)49(74)60-40(27-34-17-19-35(65)20-18-34)51(76)63-46(31(5)64)52(77)56-28-43(70)71/h7-20,29-31,36-40,44-46,64-65H,6,21-28,55H2,1-5H3,(H,56,77)(H,57,73)(H,58,79)(H,59,72)(H,60,74)(H,61,75)(H,62,78)(H,63,76)(H,66,67)(H,68,69)(H,70,71)/t30-,31+,36-,37-,38-,39-,40-,44-,45-,46-/m0/s1. The number of nitrogens with one attached hydrogen (secondary N) is 8. The van der Waals surface area contributed by atoms with Gasteiger partial charge in [0.25, 0.3) is 0 Å². The average Bonchev–Trinajstić information content (AvgIpc) is 3.41. The zero-order valence-electron chi connectivity index (χ0n) is 44.6. The number of carbonyl (C=O) groups is 11. The summed E-state index contributed by atoms with van der Waals surface area (Å²) in [5.74, 6) is -13.5. The molecule has 79 heavy (non-hydrogen) atoms. The van der Waals surface area contributed by atoms with Gasteiger partial charge >= 0.3 is 17.9 Å². The van der Waals surface area contributed by atoms with Crippen molar-refractivity contribution >= 4 is 65.2 Å². The van der Waals surface area contributed by atoms with Gasteiger partial charge in [0.1, 0.15) is 54.6 Å². The minimum atomic E-state index is -1.80. The Bertz CT molecular complexity index is 2570. The highest BCUT2D eigenvalue weighted by Gasteiger charge is 2.37. The molecule has 10 atom stereocenters. The fourth-order valence-corrected chi connectivity index (χ4v) is 7.92. The first-order valence-electron chi connectivity index (χ1n) is 25.6. The predicted molar refractivity (Wildman–Crippen MR) is 284 cm³/mol. The van der Waals surface area contributed by atoms with Crippen LogP contribution in [-0.2, 0) is 72.0 Å². The third kappa shape index (κ3) is 22.6. The lowest BCUT2D eigenvalue weighted by Gasteiger charge is -2.30. The molecule has 0 aliphatic rings. The number of aromatic hydroxyl groups is 1. The van der Waals surface area contributed by atoms with Gasteiger partial charge in [0, 0.05) is 25.7 Å². The summed E-state index contributed by atoms with van der Waals surface area (Å²) in [5, 5.41) is 68.0. The molecule has 3 rings (SSSR count). The number of phenolic OH excluding ortho intramolecular Hbond substituents is 1. The minimum Gasteiger partial charge on any atom is -0.508 e. The molecule has 0 fully saturated rings. The van der Waals surface area contributed by atoms with Crippen LogP contribution in [0, 0.1) is 11.8 Å². The molecule has 0 bridgehead atoms. The first kappa shape index (κ1) is 64.8. The molecule has 430 valence electrons. The molecule has 15 N–H and O–H groups in total. The lowest BCUT2D eigenvalue weighted by atomic mass is 9.95. The molecule has 0 unspecified atom stereocenters.